The Morgan fingerprint density at radius 2 is 1.67 bits per heavy atom. The van der Waals surface area contributed by atoms with E-state index in [2.05, 4.69) is 6.58 Å². The smallest absolute Gasteiger partial charge is 0.321 e. The lowest BCUT2D eigenvalue weighted by Gasteiger charge is -2.09. The number of benzene rings is 1. The Kier molecular flexibility index (Phi) is 4.84. The van der Waals surface area contributed by atoms with Crippen LogP contribution in [0.15, 0.2) is 36.9 Å². The highest BCUT2D eigenvalue weighted by Gasteiger charge is 2.29. The van der Waals surface area contributed by atoms with Crippen LogP contribution in [0.3, 0.4) is 0 Å². The van der Waals surface area contributed by atoms with Gasteiger partial charge in [0, 0.05) is 6.04 Å². The maximum atomic E-state index is 12.2. The van der Waals surface area contributed by atoms with Crippen LogP contribution in [-0.4, -0.2) is 0 Å². The van der Waals surface area contributed by atoms with E-state index in [1.54, 1.807) is 0 Å². The summed E-state index contributed by atoms with van der Waals surface area (Å²) in [5, 5.41) is 0. The van der Waals surface area contributed by atoms with E-state index < -0.39 is 17.8 Å². The standard InChI is InChI=1S/C10H10F3N.ClH/c1-2-9(14)7-3-5-8(6-4-7)10(11,12)13;/h2-6,9H,1,14H2;1H/t9-;/m0./s1. The van der Waals surface area contributed by atoms with Crippen molar-refractivity contribution in [3.63, 3.8) is 0 Å². The Hall–Kier alpha value is -1.00. The predicted molar refractivity (Wildman–Crippen MR) is 55.8 cm³/mol. The lowest BCUT2D eigenvalue weighted by atomic mass is 10.1. The molecule has 0 radical (unpaired) electrons. The van der Waals surface area contributed by atoms with E-state index in [0.717, 1.165) is 12.1 Å². The van der Waals surface area contributed by atoms with Gasteiger partial charge in [0.25, 0.3) is 0 Å². The van der Waals surface area contributed by atoms with Crippen LogP contribution in [0.1, 0.15) is 17.2 Å². The lowest BCUT2D eigenvalue weighted by molar-refractivity contribution is -0.137. The van der Waals surface area contributed by atoms with Crippen molar-refractivity contribution in [1.29, 1.82) is 0 Å². The highest BCUT2D eigenvalue weighted by atomic mass is 35.5. The van der Waals surface area contributed by atoms with Crippen molar-refractivity contribution < 1.29 is 13.2 Å². The SMILES string of the molecule is C=C[C@H](N)c1ccc(C(F)(F)F)cc1.Cl. The molecule has 0 bridgehead atoms. The first-order valence-corrected chi connectivity index (χ1v) is 4.00. The zero-order valence-electron chi connectivity index (χ0n) is 7.79. The minimum Gasteiger partial charge on any atom is -0.321 e. The van der Waals surface area contributed by atoms with E-state index in [-0.39, 0.29) is 12.4 Å². The van der Waals surface area contributed by atoms with Crippen molar-refractivity contribution in [1.82, 2.24) is 0 Å². The van der Waals surface area contributed by atoms with Crippen LogP contribution in [0.5, 0.6) is 0 Å². The summed E-state index contributed by atoms with van der Waals surface area (Å²) in [6.45, 7) is 3.46. The maximum Gasteiger partial charge on any atom is 0.416 e. The third-order valence-electron chi connectivity index (χ3n) is 1.88. The third kappa shape index (κ3) is 3.57. The summed E-state index contributed by atoms with van der Waals surface area (Å²) in [6.07, 6.45) is -2.82. The molecule has 0 heterocycles. The van der Waals surface area contributed by atoms with Crippen LogP contribution in [0.25, 0.3) is 0 Å². The zero-order chi connectivity index (χ0) is 10.8. The van der Waals surface area contributed by atoms with Crippen molar-refractivity contribution in [2.45, 2.75) is 12.2 Å². The minimum absolute atomic E-state index is 0. The molecular formula is C10H11ClF3N. The molecule has 1 atom stereocenters. The molecular weight excluding hydrogens is 227 g/mol. The molecule has 0 spiro atoms. The van der Waals surface area contributed by atoms with E-state index in [9.17, 15) is 13.2 Å². The van der Waals surface area contributed by atoms with Crippen LogP contribution in [0.2, 0.25) is 0 Å². The van der Waals surface area contributed by atoms with E-state index in [0.29, 0.717) is 5.56 Å². The van der Waals surface area contributed by atoms with Crippen molar-refractivity contribution >= 4 is 12.4 Å². The van der Waals surface area contributed by atoms with E-state index in [1.165, 1.54) is 18.2 Å². The van der Waals surface area contributed by atoms with Gasteiger partial charge in [0.05, 0.1) is 5.56 Å². The van der Waals surface area contributed by atoms with Crippen LogP contribution in [-0.2, 0) is 6.18 Å². The van der Waals surface area contributed by atoms with Gasteiger partial charge in [0.2, 0.25) is 0 Å². The van der Waals surface area contributed by atoms with Crippen molar-refractivity contribution in [3.05, 3.63) is 48.0 Å². The quantitative estimate of drug-likeness (QED) is 0.785. The summed E-state index contributed by atoms with van der Waals surface area (Å²) in [4.78, 5) is 0. The largest absolute Gasteiger partial charge is 0.416 e. The highest BCUT2D eigenvalue weighted by Crippen LogP contribution is 2.29. The highest BCUT2D eigenvalue weighted by molar-refractivity contribution is 5.85. The Balaban J connectivity index is 0.00000196. The lowest BCUT2D eigenvalue weighted by Crippen LogP contribution is -2.08. The average molecular weight is 238 g/mol. The zero-order valence-corrected chi connectivity index (χ0v) is 8.61. The second-order valence-electron chi connectivity index (χ2n) is 2.88. The van der Waals surface area contributed by atoms with E-state index in [1.807, 2.05) is 0 Å². The molecule has 0 aliphatic carbocycles. The van der Waals surface area contributed by atoms with Gasteiger partial charge in [0.15, 0.2) is 0 Å². The molecule has 0 saturated carbocycles. The van der Waals surface area contributed by atoms with Gasteiger partial charge in [-0.2, -0.15) is 13.2 Å². The first-order chi connectivity index (χ1) is 6.45. The second kappa shape index (κ2) is 5.19. The van der Waals surface area contributed by atoms with Crippen molar-refractivity contribution in [2.75, 3.05) is 0 Å². The van der Waals surface area contributed by atoms with Gasteiger partial charge in [-0.05, 0) is 17.7 Å². The number of hydrogen-bond acceptors (Lipinski definition) is 1. The molecule has 2 N–H and O–H groups in total. The molecule has 0 aromatic heterocycles. The van der Waals surface area contributed by atoms with Crippen LogP contribution in [0, 0.1) is 0 Å². The Morgan fingerprint density at radius 3 is 2.00 bits per heavy atom. The van der Waals surface area contributed by atoms with Crippen molar-refractivity contribution in [2.24, 2.45) is 5.73 Å². The maximum absolute atomic E-state index is 12.2. The van der Waals surface area contributed by atoms with Gasteiger partial charge < -0.3 is 5.73 Å². The summed E-state index contributed by atoms with van der Waals surface area (Å²) >= 11 is 0. The molecule has 1 nitrogen and oxygen atoms in total. The first kappa shape index (κ1) is 14.0. The number of nitrogens with two attached hydrogens (primary N) is 1. The fraction of sp³-hybridized carbons (Fsp3) is 0.200. The second-order valence-corrected chi connectivity index (χ2v) is 2.88. The molecule has 1 aromatic carbocycles. The van der Waals surface area contributed by atoms with Crippen LogP contribution >= 0.6 is 12.4 Å². The number of halogens is 4. The molecule has 1 aromatic rings. The predicted octanol–water partition coefficient (Wildman–Crippen LogP) is 3.31. The van der Waals surface area contributed by atoms with Crippen molar-refractivity contribution in [3.8, 4) is 0 Å². The fourth-order valence-corrected chi connectivity index (χ4v) is 1.03. The topological polar surface area (TPSA) is 26.0 Å². The fourth-order valence-electron chi connectivity index (χ4n) is 1.03. The summed E-state index contributed by atoms with van der Waals surface area (Å²) in [5.74, 6) is 0. The number of alkyl halides is 3. The molecule has 0 fully saturated rings. The summed E-state index contributed by atoms with van der Waals surface area (Å²) in [5.41, 5.74) is 5.50. The molecule has 0 saturated heterocycles. The molecule has 5 heteroatoms. The summed E-state index contributed by atoms with van der Waals surface area (Å²) in [7, 11) is 0. The summed E-state index contributed by atoms with van der Waals surface area (Å²) in [6, 6.07) is 4.32. The monoisotopic (exact) mass is 237 g/mol. The summed E-state index contributed by atoms with van der Waals surface area (Å²) < 4.78 is 36.5. The third-order valence-corrected chi connectivity index (χ3v) is 1.88. The van der Waals surface area contributed by atoms with Gasteiger partial charge in [-0.25, -0.2) is 0 Å². The Labute approximate surface area is 92.2 Å². The molecule has 0 unspecified atom stereocenters. The Bertz CT molecular complexity index is 318. The molecule has 0 aliphatic heterocycles. The number of rotatable bonds is 2. The van der Waals surface area contributed by atoms with Gasteiger partial charge in [-0.3, -0.25) is 0 Å². The molecule has 0 amide bonds. The molecule has 0 aliphatic rings. The Morgan fingerprint density at radius 1 is 1.20 bits per heavy atom. The normalized spacial score (nSPS) is 12.8. The van der Waals surface area contributed by atoms with Crippen LogP contribution < -0.4 is 5.73 Å². The number of hydrogen-bond donors (Lipinski definition) is 1. The molecule has 15 heavy (non-hydrogen) atoms. The first-order valence-electron chi connectivity index (χ1n) is 4.00. The van der Waals surface area contributed by atoms with Crippen LogP contribution in [0.4, 0.5) is 13.2 Å². The molecule has 84 valence electrons. The van der Waals surface area contributed by atoms with Gasteiger partial charge in [-0.15, -0.1) is 19.0 Å². The van der Waals surface area contributed by atoms with E-state index >= 15 is 0 Å². The minimum atomic E-state index is -4.29. The van der Waals surface area contributed by atoms with Gasteiger partial charge in [-0.1, -0.05) is 18.2 Å². The average Bonchev–Trinajstić information content (AvgIpc) is 2.15. The van der Waals surface area contributed by atoms with Gasteiger partial charge >= 0.3 is 6.18 Å². The van der Waals surface area contributed by atoms with E-state index in [4.69, 9.17) is 5.73 Å². The van der Waals surface area contributed by atoms with Gasteiger partial charge in [0.1, 0.15) is 0 Å². The molecule has 1 rings (SSSR count).